The van der Waals surface area contributed by atoms with Gasteiger partial charge in [0.15, 0.2) is 5.13 Å². The van der Waals surface area contributed by atoms with E-state index >= 15 is 0 Å². The molecule has 0 radical (unpaired) electrons. The van der Waals surface area contributed by atoms with Crippen LogP contribution in [-0.2, 0) is 11.3 Å². The first-order chi connectivity index (χ1) is 15.2. The van der Waals surface area contributed by atoms with Crippen LogP contribution >= 0.6 is 27.3 Å². The number of halogens is 1. The number of thiazole rings is 1. The molecule has 0 amide bonds. The van der Waals surface area contributed by atoms with Crippen molar-refractivity contribution in [1.29, 1.82) is 0 Å². The summed E-state index contributed by atoms with van der Waals surface area (Å²) in [4.78, 5) is 9.45. The van der Waals surface area contributed by atoms with Gasteiger partial charge in [-0.2, -0.15) is 0 Å². The topological polar surface area (TPSA) is 92.4 Å². The number of aliphatic hydroxyl groups excluding tert-OH is 2. The van der Waals surface area contributed by atoms with E-state index in [9.17, 15) is 5.11 Å². The third-order valence-corrected chi connectivity index (χ3v) is 6.06. The Kier molecular flexibility index (Phi) is 7.31. The fourth-order valence-corrected chi connectivity index (χ4v) is 4.55. The van der Waals surface area contributed by atoms with Crippen molar-refractivity contribution < 1.29 is 14.9 Å². The molecule has 4 aromatic rings. The summed E-state index contributed by atoms with van der Waals surface area (Å²) in [6.07, 6.45) is 0. The van der Waals surface area contributed by atoms with E-state index in [1.165, 1.54) is 11.3 Å². The van der Waals surface area contributed by atoms with Crippen molar-refractivity contribution in [3.8, 4) is 11.3 Å². The maximum atomic E-state index is 10.2. The maximum absolute atomic E-state index is 10.2. The summed E-state index contributed by atoms with van der Waals surface area (Å²) in [5, 5.41) is 25.1. The minimum Gasteiger partial charge on any atom is -0.394 e. The number of hydrogen-bond acceptors (Lipinski definition) is 7. The van der Waals surface area contributed by atoms with Gasteiger partial charge in [-0.3, -0.25) is 0 Å². The number of imidazole rings is 1. The van der Waals surface area contributed by atoms with Gasteiger partial charge in [-0.15, -0.1) is 11.3 Å². The summed E-state index contributed by atoms with van der Waals surface area (Å²) in [6.45, 7) is 1.15. The molecule has 0 saturated heterocycles. The maximum Gasteiger partial charge on any atom is 0.183 e. The molecule has 0 saturated carbocycles. The second-order valence-corrected chi connectivity index (χ2v) is 8.65. The molecule has 1 unspecified atom stereocenters. The van der Waals surface area contributed by atoms with Crippen LogP contribution in [0.2, 0.25) is 0 Å². The molecule has 2 heterocycles. The summed E-state index contributed by atoms with van der Waals surface area (Å²) in [7, 11) is 0. The fraction of sp³-hybridized carbons (Fsp3) is 0.273. The number of aliphatic hydroxyl groups is 2. The molecular weight excluding hydrogens is 480 g/mol. The molecule has 0 spiro atoms. The van der Waals surface area contributed by atoms with Gasteiger partial charge in [0.1, 0.15) is 11.9 Å². The Balaban J connectivity index is 1.59. The Morgan fingerprint density at radius 2 is 1.97 bits per heavy atom. The van der Waals surface area contributed by atoms with Gasteiger partial charge in [0.05, 0.1) is 43.2 Å². The number of para-hydroxylation sites is 2. The van der Waals surface area contributed by atoms with E-state index in [-0.39, 0.29) is 13.2 Å². The Hall–Kier alpha value is -2.30. The highest BCUT2D eigenvalue weighted by Gasteiger charge is 2.21. The number of rotatable bonds is 10. The molecular formula is C22H23BrN4O3S. The van der Waals surface area contributed by atoms with E-state index in [0.29, 0.717) is 24.9 Å². The molecule has 2 aromatic carbocycles. The Bertz CT molecular complexity index is 1150. The monoisotopic (exact) mass is 502 g/mol. The quantitative estimate of drug-likeness (QED) is 0.283. The molecule has 31 heavy (non-hydrogen) atoms. The lowest BCUT2D eigenvalue weighted by molar-refractivity contribution is 0.0868. The van der Waals surface area contributed by atoms with Crippen LogP contribution in [0.15, 0.2) is 58.4 Å². The Morgan fingerprint density at radius 3 is 2.77 bits per heavy atom. The molecule has 0 fully saturated rings. The fourth-order valence-electron chi connectivity index (χ4n) is 3.38. The number of aromatic nitrogens is 3. The van der Waals surface area contributed by atoms with E-state index in [0.717, 1.165) is 32.6 Å². The first-order valence-corrected chi connectivity index (χ1v) is 11.6. The van der Waals surface area contributed by atoms with Crippen LogP contribution in [0.4, 0.5) is 5.13 Å². The van der Waals surface area contributed by atoms with E-state index in [2.05, 4.69) is 21.2 Å². The van der Waals surface area contributed by atoms with Crippen molar-refractivity contribution in [2.75, 3.05) is 31.7 Å². The predicted octanol–water partition coefficient (Wildman–Crippen LogP) is 4.08. The summed E-state index contributed by atoms with van der Waals surface area (Å²) < 4.78 is 8.50. The van der Waals surface area contributed by atoms with Crippen molar-refractivity contribution in [2.24, 2.45) is 0 Å². The molecule has 0 aliphatic carbocycles. The van der Waals surface area contributed by atoms with Crippen molar-refractivity contribution in [1.82, 2.24) is 14.5 Å². The van der Waals surface area contributed by atoms with Crippen molar-refractivity contribution in [3.63, 3.8) is 0 Å². The minimum atomic E-state index is -0.424. The van der Waals surface area contributed by atoms with Gasteiger partial charge in [-0.05, 0) is 24.3 Å². The molecule has 0 aliphatic rings. The van der Waals surface area contributed by atoms with Gasteiger partial charge in [0.25, 0.3) is 0 Å². The molecule has 0 aliphatic heterocycles. The largest absolute Gasteiger partial charge is 0.394 e. The number of benzene rings is 2. The van der Waals surface area contributed by atoms with Gasteiger partial charge >= 0.3 is 0 Å². The van der Waals surface area contributed by atoms with Crippen LogP contribution in [0.1, 0.15) is 11.9 Å². The lowest BCUT2D eigenvalue weighted by Gasteiger charge is -2.17. The second-order valence-electron chi connectivity index (χ2n) is 6.87. The molecule has 0 bridgehead atoms. The first-order valence-electron chi connectivity index (χ1n) is 9.92. The number of anilines is 1. The molecule has 7 nitrogen and oxygen atoms in total. The zero-order chi connectivity index (χ0) is 21.6. The molecule has 3 N–H and O–H groups in total. The van der Waals surface area contributed by atoms with Gasteiger partial charge in [0.2, 0.25) is 0 Å². The SMILES string of the molecule is OCCOCCn1c(C(CO)Nc2nc(-c3cccc(Br)c3)cs2)nc2ccccc21. The van der Waals surface area contributed by atoms with Crippen molar-refractivity contribution in [3.05, 3.63) is 64.2 Å². The average Bonchev–Trinajstić information content (AvgIpc) is 3.40. The molecule has 2 aromatic heterocycles. The lowest BCUT2D eigenvalue weighted by atomic mass is 10.2. The summed E-state index contributed by atoms with van der Waals surface area (Å²) in [5.74, 6) is 0.718. The normalized spacial score (nSPS) is 12.4. The van der Waals surface area contributed by atoms with E-state index < -0.39 is 6.04 Å². The van der Waals surface area contributed by atoms with Gasteiger partial charge in [-0.25, -0.2) is 9.97 Å². The molecule has 9 heteroatoms. The average molecular weight is 503 g/mol. The highest BCUT2D eigenvalue weighted by molar-refractivity contribution is 9.10. The van der Waals surface area contributed by atoms with Crippen LogP contribution < -0.4 is 5.32 Å². The zero-order valence-electron chi connectivity index (χ0n) is 16.7. The van der Waals surface area contributed by atoms with Gasteiger partial charge in [-0.1, -0.05) is 40.2 Å². The lowest BCUT2D eigenvalue weighted by Crippen LogP contribution is -2.21. The molecule has 4 rings (SSSR count). The van der Waals surface area contributed by atoms with Crippen molar-refractivity contribution in [2.45, 2.75) is 12.6 Å². The molecule has 162 valence electrons. The number of ether oxygens (including phenoxy) is 1. The third-order valence-electron chi connectivity index (χ3n) is 4.80. The minimum absolute atomic E-state index is 0.0112. The van der Waals surface area contributed by atoms with Crippen LogP contribution in [0.3, 0.4) is 0 Å². The van der Waals surface area contributed by atoms with E-state index in [1.54, 1.807) is 0 Å². The summed E-state index contributed by atoms with van der Waals surface area (Å²) in [5.41, 5.74) is 3.72. The van der Waals surface area contributed by atoms with Crippen LogP contribution in [0, 0.1) is 0 Å². The Morgan fingerprint density at radius 1 is 1.10 bits per heavy atom. The highest BCUT2D eigenvalue weighted by Crippen LogP contribution is 2.30. The van der Waals surface area contributed by atoms with E-state index in [4.69, 9.17) is 19.8 Å². The van der Waals surface area contributed by atoms with Crippen LogP contribution in [0.5, 0.6) is 0 Å². The summed E-state index contributed by atoms with van der Waals surface area (Å²) in [6, 6.07) is 15.4. The predicted molar refractivity (Wildman–Crippen MR) is 126 cm³/mol. The first kappa shape index (κ1) is 21.9. The standard InChI is InChI=1S/C22H23BrN4O3S/c23-16-5-3-4-15(12-16)19-14-31-22(26-19)25-18(13-29)21-24-17-6-1-2-7-20(17)27(21)8-10-30-11-9-28/h1-7,12,14,18,28-29H,8-11,13H2,(H,25,26). The molecule has 1 atom stereocenters. The second kappa shape index (κ2) is 10.3. The Labute approximate surface area is 192 Å². The number of hydrogen-bond donors (Lipinski definition) is 3. The van der Waals surface area contributed by atoms with Gasteiger partial charge < -0.3 is 24.8 Å². The zero-order valence-corrected chi connectivity index (χ0v) is 19.1. The van der Waals surface area contributed by atoms with Gasteiger partial charge in [0, 0.05) is 22.0 Å². The number of fused-ring (bicyclic) bond motifs is 1. The van der Waals surface area contributed by atoms with Crippen LogP contribution in [-0.4, -0.2) is 51.2 Å². The summed E-state index contributed by atoms with van der Waals surface area (Å²) >= 11 is 4.98. The highest BCUT2D eigenvalue weighted by atomic mass is 79.9. The van der Waals surface area contributed by atoms with Crippen LogP contribution in [0.25, 0.3) is 22.3 Å². The van der Waals surface area contributed by atoms with E-state index in [1.807, 2.05) is 58.5 Å². The van der Waals surface area contributed by atoms with Crippen molar-refractivity contribution >= 4 is 43.4 Å². The smallest absolute Gasteiger partial charge is 0.183 e. The number of nitrogens with zero attached hydrogens (tertiary/aromatic N) is 3. The number of nitrogens with one attached hydrogen (secondary N) is 1. The third kappa shape index (κ3) is 5.13.